The lowest BCUT2D eigenvalue weighted by atomic mass is 10.0. The number of hydrogen-bond donors (Lipinski definition) is 2. The van der Waals surface area contributed by atoms with Crippen LogP contribution in [0.5, 0.6) is 0 Å². The summed E-state index contributed by atoms with van der Waals surface area (Å²) >= 11 is 0. The van der Waals surface area contributed by atoms with Gasteiger partial charge in [0.25, 0.3) is 0 Å². The molecule has 0 aliphatic heterocycles. The lowest BCUT2D eigenvalue weighted by Crippen LogP contribution is -2.15. The molecule has 1 aliphatic carbocycles. The van der Waals surface area contributed by atoms with Gasteiger partial charge in [-0.25, -0.2) is 0 Å². The highest BCUT2D eigenvalue weighted by atomic mass is 14.9. The maximum Gasteiger partial charge on any atom is 0.0736 e. The lowest BCUT2D eigenvalue weighted by Gasteiger charge is -2.15. The summed E-state index contributed by atoms with van der Waals surface area (Å²) in [7, 11) is 0. The molecule has 1 saturated carbocycles. The van der Waals surface area contributed by atoms with Gasteiger partial charge in [0.05, 0.1) is 17.6 Å². The highest BCUT2D eigenvalue weighted by molar-refractivity contribution is 5.64. The van der Waals surface area contributed by atoms with Crippen LogP contribution < -0.4 is 11.1 Å². The van der Waals surface area contributed by atoms with E-state index in [4.69, 9.17) is 5.73 Å². The fraction of sp³-hybridized carbons (Fsp3) is 0.545. The van der Waals surface area contributed by atoms with Crippen molar-refractivity contribution in [2.24, 2.45) is 5.41 Å². The Hall–Kier alpha value is -1.25. The standard InChI is InChI=1S/C11H17N3/c1-2-11(4-5-11)8-14-10-3-6-13-7-9(10)12/h3,6-7H,2,4-5,8,12H2,1H3,(H,13,14). The molecule has 1 aliphatic rings. The largest absolute Gasteiger partial charge is 0.396 e. The second kappa shape index (κ2) is 3.48. The third-order valence-corrected chi connectivity index (χ3v) is 3.21. The summed E-state index contributed by atoms with van der Waals surface area (Å²) in [6, 6.07) is 1.93. The molecule has 3 nitrogen and oxygen atoms in total. The number of rotatable bonds is 4. The van der Waals surface area contributed by atoms with Gasteiger partial charge in [-0.15, -0.1) is 0 Å². The van der Waals surface area contributed by atoms with E-state index in [2.05, 4.69) is 17.2 Å². The van der Waals surface area contributed by atoms with Crippen LogP contribution in [0.15, 0.2) is 18.5 Å². The molecule has 1 fully saturated rings. The number of nitrogens with two attached hydrogens (primary N) is 1. The van der Waals surface area contributed by atoms with Crippen LogP contribution in [0.25, 0.3) is 0 Å². The van der Waals surface area contributed by atoms with Gasteiger partial charge in [-0.2, -0.15) is 0 Å². The maximum atomic E-state index is 5.79. The van der Waals surface area contributed by atoms with Crippen molar-refractivity contribution in [2.45, 2.75) is 26.2 Å². The molecule has 0 saturated heterocycles. The van der Waals surface area contributed by atoms with Crippen molar-refractivity contribution < 1.29 is 0 Å². The van der Waals surface area contributed by atoms with Crippen LogP contribution >= 0.6 is 0 Å². The summed E-state index contributed by atoms with van der Waals surface area (Å²) < 4.78 is 0. The van der Waals surface area contributed by atoms with E-state index in [0.29, 0.717) is 5.41 Å². The first-order valence-corrected chi connectivity index (χ1v) is 5.19. The molecule has 3 heteroatoms. The van der Waals surface area contributed by atoms with E-state index >= 15 is 0 Å². The Kier molecular flexibility index (Phi) is 2.32. The van der Waals surface area contributed by atoms with E-state index in [1.54, 1.807) is 12.4 Å². The van der Waals surface area contributed by atoms with Gasteiger partial charge in [0.1, 0.15) is 0 Å². The van der Waals surface area contributed by atoms with Crippen molar-refractivity contribution >= 4 is 11.4 Å². The molecule has 2 rings (SSSR count). The quantitative estimate of drug-likeness (QED) is 0.767. The first-order valence-electron chi connectivity index (χ1n) is 5.19. The number of nitrogens with one attached hydrogen (secondary N) is 1. The summed E-state index contributed by atoms with van der Waals surface area (Å²) in [6.45, 7) is 3.29. The minimum Gasteiger partial charge on any atom is -0.396 e. The summed E-state index contributed by atoms with van der Waals surface area (Å²) in [6.07, 6.45) is 7.41. The molecular formula is C11H17N3. The molecule has 14 heavy (non-hydrogen) atoms. The third-order valence-electron chi connectivity index (χ3n) is 3.21. The average molecular weight is 191 g/mol. The Labute approximate surface area is 84.7 Å². The minimum absolute atomic E-state index is 0.551. The molecule has 0 bridgehead atoms. The van der Waals surface area contributed by atoms with Gasteiger partial charge in [0.15, 0.2) is 0 Å². The van der Waals surface area contributed by atoms with Crippen LogP contribution in [0.1, 0.15) is 26.2 Å². The van der Waals surface area contributed by atoms with E-state index < -0.39 is 0 Å². The van der Waals surface area contributed by atoms with E-state index in [1.807, 2.05) is 6.07 Å². The van der Waals surface area contributed by atoms with Gasteiger partial charge in [-0.3, -0.25) is 4.98 Å². The molecule has 0 amide bonds. The van der Waals surface area contributed by atoms with Gasteiger partial charge in [0.2, 0.25) is 0 Å². The Morgan fingerprint density at radius 1 is 1.57 bits per heavy atom. The molecule has 76 valence electrons. The number of nitrogens with zero attached hydrogens (tertiary/aromatic N) is 1. The first kappa shape index (κ1) is 9.31. The zero-order chi connectivity index (χ0) is 10.0. The monoisotopic (exact) mass is 191 g/mol. The van der Waals surface area contributed by atoms with E-state index in [-0.39, 0.29) is 0 Å². The molecule has 0 aromatic carbocycles. The lowest BCUT2D eigenvalue weighted by molar-refractivity contribution is 0.521. The Morgan fingerprint density at radius 2 is 2.36 bits per heavy atom. The molecule has 0 atom stereocenters. The number of hydrogen-bond acceptors (Lipinski definition) is 3. The summed E-state index contributed by atoms with van der Waals surface area (Å²) in [5, 5.41) is 3.40. The number of pyridine rings is 1. The van der Waals surface area contributed by atoms with Crippen LogP contribution in [-0.2, 0) is 0 Å². The normalized spacial score (nSPS) is 17.8. The predicted molar refractivity (Wildman–Crippen MR) is 59.1 cm³/mol. The molecule has 0 spiro atoms. The zero-order valence-corrected chi connectivity index (χ0v) is 8.59. The van der Waals surface area contributed by atoms with Crippen molar-refractivity contribution in [3.8, 4) is 0 Å². The first-order chi connectivity index (χ1) is 6.76. The van der Waals surface area contributed by atoms with Gasteiger partial charge in [-0.05, 0) is 30.7 Å². The number of aromatic nitrogens is 1. The van der Waals surface area contributed by atoms with Crippen LogP contribution in [0.2, 0.25) is 0 Å². The van der Waals surface area contributed by atoms with Crippen molar-refractivity contribution in [2.75, 3.05) is 17.6 Å². The summed E-state index contributed by atoms with van der Waals surface area (Å²) in [5.41, 5.74) is 8.09. The minimum atomic E-state index is 0.551. The Bertz CT molecular complexity index is 318. The second-order valence-electron chi connectivity index (χ2n) is 4.17. The van der Waals surface area contributed by atoms with Gasteiger partial charge < -0.3 is 11.1 Å². The van der Waals surface area contributed by atoms with Crippen LogP contribution in [0.4, 0.5) is 11.4 Å². The number of anilines is 2. The predicted octanol–water partition coefficient (Wildman–Crippen LogP) is 2.27. The Morgan fingerprint density at radius 3 is 2.93 bits per heavy atom. The van der Waals surface area contributed by atoms with Gasteiger partial charge >= 0.3 is 0 Å². The van der Waals surface area contributed by atoms with E-state index in [0.717, 1.165) is 17.9 Å². The van der Waals surface area contributed by atoms with E-state index in [1.165, 1.54) is 19.3 Å². The molecule has 0 unspecified atom stereocenters. The summed E-state index contributed by atoms with van der Waals surface area (Å²) in [5.74, 6) is 0. The third kappa shape index (κ3) is 1.81. The molecule has 1 heterocycles. The van der Waals surface area contributed by atoms with Gasteiger partial charge in [-0.1, -0.05) is 6.92 Å². The highest BCUT2D eigenvalue weighted by Gasteiger charge is 2.40. The van der Waals surface area contributed by atoms with Crippen molar-refractivity contribution in [3.63, 3.8) is 0 Å². The summed E-state index contributed by atoms with van der Waals surface area (Å²) in [4.78, 5) is 3.96. The zero-order valence-electron chi connectivity index (χ0n) is 8.59. The SMILES string of the molecule is CCC1(CNc2ccncc2N)CC1. The number of nitrogen functional groups attached to an aromatic ring is 1. The maximum absolute atomic E-state index is 5.79. The molecule has 1 aromatic heterocycles. The van der Waals surface area contributed by atoms with E-state index in [9.17, 15) is 0 Å². The van der Waals surface area contributed by atoms with Crippen molar-refractivity contribution in [1.82, 2.24) is 4.98 Å². The molecule has 1 aromatic rings. The van der Waals surface area contributed by atoms with Crippen LogP contribution in [-0.4, -0.2) is 11.5 Å². The van der Waals surface area contributed by atoms with Crippen molar-refractivity contribution in [3.05, 3.63) is 18.5 Å². The fourth-order valence-electron chi connectivity index (χ4n) is 1.68. The fourth-order valence-corrected chi connectivity index (χ4v) is 1.68. The van der Waals surface area contributed by atoms with Crippen molar-refractivity contribution in [1.29, 1.82) is 0 Å². The molecule has 3 N–H and O–H groups in total. The Balaban J connectivity index is 1.95. The topological polar surface area (TPSA) is 50.9 Å². The van der Waals surface area contributed by atoms with Crippen LogP contribution in [0, 0.1) is 5.41 Å². The average Bonchev–Trinajstić information content (AvgIpc) is 2.98. The van der Waals surface area contributed by atoms with Crippen LogP contribution in [0.3, 0.4) is 0 Å². The van der Waals surface area contributed by atoms with Gasteiger partial charge in [0, 0.05) is 12.7 Å². The second-order valence-corrected chi connectivity index (χ2v) is 4.17. The smallest absolute Gasteiger partial charge is 0.0736 e. The molecule has 0 radical (unpaired) electrons. The molecular weight excluding hydrogens is 174 g/mol. The highest BCUT2D eigenvalue weighted by Crippen LogP contribution is 2.48.